The van der Waals surface area contributed by atoms with Gasteiger partial charge in [-0.1, -0.05) is 24.3 Å². The molecule has 0 aliphatic heterocycles. The summed E-state index contributed by atoms with van der Waals surface area (Å²) in [5, 5.41) is 4.90. The molecule has 0 bridgehead atoms. The lowest BCUT2D eigenvalue weighted by Gasteiger charge is -2.16. The quantitative estimate of drug-likeness (QED) is 0.915. The van der Waals surface area contributed by atoms with Crippen LogP contribution in [0.5, 0.6) is 0 Å². The minimum absolute atomic E-state index is 0.381. The maximum atomic E-state index is 12.2. The number of rotatable bonds is 4. The first-order chi connectivity index (χ1) is 8.96. The van der Waals surface area contributed by atoms with Gasteiger partial charge in [-0.05, 0) is 17.9 Å². The summed E-state index contributed by atoms with van der Waals surface area (Å²) in [4.78, 5) is 4.10. The van der Waals surface area contributed by atoms with E-state index in [-0.39, 0.29) is 0 Å². The molecule has 102 valence electrons. The van der Waals surface area contributed by atoms with E-state index in [4.69, 9.17) is 0 Å². The highest BCUT2D eigenvalue weighted by molar-refractivity contribution is 5.84. The van der Waals surface area contributed by atoms with Crippen LogP contribution in [-0.4, -0.2) is 17.2 Å². The van der Waals surface area contributed by atoms with Crippen LogP contribution in [0.1, 0.15) is 18.9 Å². The number of alkyl halides is 3. The fourth-order valence-electron chi connectivity index (χ4n) is 2.02. The normalized spacial score (nSPS) is 13.7. The molecule has 1 unspecified atom stereocenters. The Balaban J connectivity index is 2.06. The molecule has 0 fully saturated rings. The van der Waals surface area contributed by atoms with Gasteiger partial charge in [0.2, 0.25) is 0 Å². The van der Waals surface area contributed by atoms with E-state index in [9.17, 15) is 13.2 Å². The van der Waals surface area contributed by atoms with Crippen molar-refractivity contribution < 1.29 is 13.2 Å². The Labute approximate surface area is 109 Å². The zero-order valence-electron chi connectivity index (χ0n) is 10.5. The van der Waals surface area contributed by atoms with Gasteiger partial charge in [0, 0.05) is 30.4 Å². The maximum Gasteiger partial charge on any atom is 0.390 e. The van der Waals surface area contributed by atoms with E-state index in [1.807, 2.05) is 24.3 Å². The minimum atomic E-state index is -4.14. The number of hydrogen-bond acceptors (Lipinski definition) is 2. The zero-order valence-corrected chi connectivity index (χ0v) is 10.5. The van der Waals surface area contributed by atoms with Crippen molar-refractivity contribution in [2.75, 3.05) is 0 Å². The molecule has 2 rings (SSSR count). The van der Waals surface area contributed by atoms with Crippen molar-refractivity contribution in [1.29, 1.82) is 0 Å². The van der Waals surface area contributed by atoms with Crippen LogP contribution in [0.25, 0.3) is 10.8 Å². The molecule has 0 saturated heterocycles. The molecule has 2 aromatic rings. The summed E-state index contributed by atoms with van der Waals surface area (Å²) in [6.45, 7) is 1.91. The monoisotopic (exact) mass is 268 g/mol. The maximum absolute atomic E-state index is 12.2. The first kappa shape index (κ1) is 13.8. The van der Waals surface area contributed by atoms with E-state index in [0.29, 0.717) is 6.54 Å². The molecule has 2 nitrogen and oxygen atoms in total. The van der Waals surface area contributed by atoms with E-state index in [2.05, 4.69) is 10.3 Å². The molecule has 0 amide bonds. The van der Waals surface area contributed by atoms with Crippen molar-refractivity contribution >= 4 is 10.8 Å². The van der Waals surface area contributed by atoms with E-state index in [1.54, 1.807) is 12.4 Å². The molecule has 1 N–H and O–H groups in total. The molecule has 1 aromatic carbocycles. The van der Waals surface area contributed by atoms with Crippen LogP contribution in [0.15, 0.2) is 36.7 Å². The van der Waals surface area contributed by atoms with Gasteiger partial charge >= 0.3 is 6.18 Å². The first-order valence-electron chi connectivity index (χ1n) is 6.07. The molecule has 19 heavy (non-hydrogen) atoms. The van der Waals surface area contributed by atoms with E-state index < -0.39 is 18.6 Å². The van der Waals surface area contributed by atoms with Crippen molar-refractivity contribution in [3.8, 4) is 0 Å². The second kappa shape index (κ2) is 5.57. The van der Waals surface area contributed by atoms with Crippen LogP contribution in [0.4, 0.5) is 13.2 Å². The third-order valence-corrected chi connectivity index (χ3v) is 2.93. The van der Waals surface area contributed by atoms with Crippen LogP contribution in [-0.2, 0) is 6.54 Å². The van der Waals surface area contributed by atoms with Gasteiger partial charge in [-0.2, -0.15) is 13.2 Å². The number of nitrogens with zero attached hydrogens (tertiary/aromatic N) is 1. The zero-order chi connectivity index (χ0) is 13.9. The Kier molecular flexibility index (Phi) is 4.04. The highest BCUT2D eigenvalue weighted by Crippen LogP contribution is 2.22. The van der Waals surface area contributed by atoms with Crippen LogP contribution < -0.4 is 5.32 Å². The first-order valence-corrected chi connectivity index (χ1v) is 6.07. The average molecular weight is 268 g/mol. The largest absolute Gasteiger partial charge is 0.390 e. The number of pyridine rings is 1. The highest BCUT2D eigenvalue weighted by Gasteiger charge is 2.29. The average Bonchev–Trinajstić information content (AvgIpc) is 2.34. The molecule has 5 heteroatoms. The molecular weight excluding hydrogens is 253 g/mol. The topological polar surface area (TPSA) is 24.9 Å². The van der Waals surface area contributed by atoms with Crippen LogP contribution in [0.2, 0.25) is 0 Å². The Morgan fingerprint density at radius 1 is 1.21 bits per heavy atom. The summed E-state index contributed by atoms with van der Waals surface area (Å²) in [6, 6.07) is 7.09. The molecule has 1 atom stereocenters. The van der Waals surface area contributed by atoms with Crippen molar-refractivity contribution in [3.05, 3.63) is 42.2 Å². The standard InChI is InChI=1S/C14H15F3N2/c1-10(6-14(15,16)17)19-9-12-8-18-7-11-4-2-3-5-13(11)12/h2-5,7-8,10,19H,6,9H2,1H3. The Morgan fingerprint density at radius 2 is 1.95 bits per heavy atom. The van der Waals surface area contributed by atoms with E-state index >= 15 is 0 Å². The third-order valence-electron chi connectivity index (χ3n) is 2.93. The Hall–Kier alpha value is -1.62. The van der Waals surface area contributed by atoms with E-state index in [1.165, 1.54) is 6.92 Å². The lowest BCUT2D eigenvalue weighted by Crippen LogP contribution is -2.30. The summed E-state index contributed by atoms with van der Waals surface area (Å²) in [5.74, 6) is 0. The summed E-state index contributed by atoms with van der Waals surface area (Å²) in [7, 11) is 0. The van der Waals surface area contributed by atoms with Crippen molar-refractivity contribution in [2.24, 2.45) is 0 Å². The van der Waals surface area contributed by atoms with Gasteiger partial charge < -0.3 is 5.32 Å². The smallest absolute Gasteiger partial charge is 0.310 e. The number of nitrogens with one attached hydrogen (secondary N) is 1. The number of benzene rings is 1. The second-order valence-corrected chi connectivity index (χ2v) is 4.62. The lowest BCUT2D eigenvalue weighted by atomic mass is 10.1. The number of aromatic nitrogens is 1. The summed E-state index contributed by atoms with van der Waals surface area (Å²) >= 11 is 0. The van der Waals surface area contributed by atoms with Gasteiger partial charge in [0.15, 0.2) is 0 Å². The van der Waals surface area contributed by atoms with Gasteiger partial charge in [-0.25, -0.2) is 0 Å². The number of halogens is 3. The number of fused-ring (bicyclic) bond motifs is 1. The van der Waals surface area contributed by atoms with Crippen molar-refractivity contribution in [2.45, 2.75) is 32.1 Å². The molecule has 0 radical (unpaired) electrons. The third kappa shape index (κ3) is 3.92. The lowest BCUT2D eigenvalue weighted by molar-refractivity contribution is -0.139. The van der Waals surface area contributed by atoms with Gasteiger partial charge in [0.05, 0.1) is 6.42 Å². The SMILES string of the molecule is CC(CC(F)(F)F)NCc1cncc2ccccc12. The molecule has 0 aliphatic rings. The fourth-order valence-corrected chi connectivity index (χ4v) is 2.02. The fraction of sp³-hybridized carbons (Fsp3) is 0.357. The van der Waals surface area contributed by atoms with Gasteiger partial charge in [-0.3, -0.25) is 4.98 Å². The summed E-state index contributed by atoms with van der Waals surface area (Å²) in [5.41, 5.74) is 0.909. The van der Waals surface area contributed by atoms with Gasteiger partial charge in [0.1, 0.15) is 0 Å². The molecule has 0 aliphatic carbocycles. The molecule has 0 saturated carbocycles. The van der Waals surface area contributed by atoms with Crippen molar-refractivity contribution in [1.82, 2.24) is 10.3 Å². The predicted molar refractivity (Wildman–Crippen MR) is 68.7 cm³/mol. The van der Waals surface area contributed by atoms with Crippen molar-refractivity contribution in [3.63, 3.8) is 0 Å². The Bertz CT molecular complexity index is 546. The summed E-state index contributed by atoms with van der Waals surface area (Å²) in [6.07, 6.45) is -1.53. The second-order valence-electron chi connectivity index (χ2n) is 4.62. The summed E-state index contributed by atoms with van der Waals surface area (Å²) < 4.78 is 36.7. The van der Waals surface area contributed by atoms with E-state index in [0.717, 1.165) is 16.3 Å². The molecule has 1 aromatic heterocycles. The van der Waals surface area contributed by atoms with Crippen LogP contribution in [0.3, 0.4) is 0 Å². The van der Waals surface area contributed by atoms with Crippen LogP contribution in [0, 0.1) is 0 Å². The predicted octanol–water partition coefficient (Wildman–Crippen LogP) is 3.67. The minimum Gasteiger partial charge on any atom is -0.310 e. The van der Waals surface area contributed by atoms with Crippen LogP contribution >= 0.6 is 0 Å². The molecule has 1 heterocycles. The molecule has 0 spiro atoms. The van der Waals surface area contributed by atoms with Gasteiger partial charge in [0.25, 0.3) is 0 Å². The van der Waals surface area contributed by atoms with Gasteiger partial charge in [-0.15, -0.1) is 0 Å². The highest BCUT2D eigenvalue weighted by atomic mass is 19.4. The number of hydrogen-bond donors (Lipinski definition) is 1. The Morgan fingerprint density at radius 3 is 2.68 bits per heavy atom. The molecular formula is C14H15F3N2.